The van der Waals surface area contributed by atoms with Crippen LogP contribution in [-0.2, 0) is 4.79 Å². The van der Waals surface area contributed by atoms with E-state index in [-0.39, 0.29) is 18.9 Å². The molecule has 1 fully saturated rings. The first-order valence-electron chi connectivity index (χ1n) is 4.01. The Morgan fingerprint density at radius 3 is 2.54 bits per heavy atom. The second-order valence-corrected chi connectivity index (χ2v) is 3.11. The number of β-lactam (4-membered cyclic amide) rings is 1. The minimum absolute atomic E-state index is 0.0397. The Morgan fingerprint density at radius 1 is 1.54 bits per heavy atom. The molecule has 1 amide bonds. The molecule has 6 heteroatoms. The molecule has 1 aliphatic heterocycles. The summed E-state index contributed by atoms with van der Waals surface area (Å²) in [5.74, 6) is -0.248. The van der Waals surface area contributed by atoms with Gasteiger partial charge in [-0.3, -0.25) is 4.79 Å². The van der Waals surface area contributed by atoms with Crippen molar-refractivity contribution in [3.05, 3.63) is 0 Å². The van der Waals surface area contributed by atoms with Crippen LogP contribution in [0.1, 0.15) is 12.8 Å². The molecule has 1 rings (SSSR count). The van der Waals surface area contributed by atoms with E-state index < -0.39 is 18.6 Å². The highest BCUT2D eigenvalue weighted by Gasteiger charge is 2.34. The van der Waals surface area contributed by atoms with E-state index in [1.807, 2.05) is 0 Å². The molecule has 0 radical (unpaired) electrons. The fourth-order valence-electron chi connectivity index (χ4n) is 1.20. The first kappa shape index (κ1) is 10.3. The molecule has 0 aromatic carbocycles. The molecule has 1 atom stereocenters. The van der Waals surface area contributed by atoms with E-state index in [4.69, 9.17) is 5.73 Å². The summed E-state index contributed by atoms with van der Waals surface area (Å²) in [5, 5.41) is 0. The van der Waals surface area contributed by atoms with Gasteiger partial charge in [-0.15, -0.1) is 0 Å². The maximum Gasteiger partial charge on any atom is 0.389 e. The van der Waals surface area contributed by atoms with Crippen molar-refractivity contribution < 1.29 is 18.0 Å². The molecule has 2 N–H and O–H groups in total. The van der Waals surface area contributed by atoms with Gasteiger partial charge >= 0.3 is 6.18 Å². The summed E-state index contributed by atoms with van der Waals surface area (Å²) in [6.45, 7) is 0.544. The van der Waals surface area contributed by atoms with E-state index in [9.17, 15) is 18.0 Å². The summed E-state index contributed by atoms with van der Waals surface area (Å²) in [4.78, 5) is 12.2. The fraction of sp³-hybridized carbons (Fsp3) is 0.857. The van der Waals surface area contributed by atoms with Gasteiger partial charge in [0.05, 0.1) is 0 Å². The summed E-state index contributed by atoms with van der Waals surface area (Å²) in [5.41, 5.74) is 5.26. The van der Waals surface area contributed by atoms with E-state index in [2.05, 4.69) is 0 Å². The summed E-state index contributed by atoms with van der Waals surface area (Å²) in [6.07, 6.45) is -5.01. The molecule has 0 aromatic heterocycles. The van der Waals surface area contributed by atoms with Gasteiger partial charge in [0.2, 0.25) is 5.91 Å². The third-order valence-corrected chi connectivity index (χ3v) is 1.93. The summed E-state index contributed by atoms with van der Waals surface area (Å²) >= 11 is 0. The molecule has 0 aliphatic carbocycles. The van der Waals surface area contributed by atoms with Crippen molar-refractivity contribution in [2.24, 2.45) is 5.73 Å². The Balaban J connectivity index is 2.11. The zero-order valence-electron chi connectivity index (χ0n) is 6.97. The zero-order chi connectivity index (χ0) is 10.1. The highest BCUT2D eigenvalue weighted by molar-refractivity contribution is 5.87. The van der Waals surface area contributed by atoms with Gasteiger partial charge < -0.3 is 10.6 Å². The molecule has 3 nitrogen and oxygen atoms in total. The Hall–Kier alpha value is -0.780. The van der Waals surface area contributed by atoms with Gasteiger partial charge in [-0.25, -0.2) is 0 Å². The number of carbonyl (C=O) groups is 1. The van der Waals surface area contributed by atoms with Crippen molar-refractivity contribution in [2.75, 3.05) is 13.1 Å². The van der Waals surface area contributed by atoms with Gasteiger partial charge in [0.1, 0.15) is 6.04 Å². The summed E-state index contributed by atoms with van der Waals surface area (Å²) in [6, 6.07) is -0.495. The lowest BCUT2D eigenvalue weighted by atomic mass is 10.1. The SMILES string of the molecule is NC1CN(CCCC(F)(F)F)C1=O. The number of halogens is 3. The molecule has 1 unspecified atom stereocenters. The molecule has 0 spiro atoms. The number of nitrogens with two attached hydrogens (primary N) is 1. The molecule has 1 saturated heterocycles. The number of hydrogen-bond donors (Lipinski definition) is 1. The molecule has 0 aromatic rings. The topological polar surface area (TPSA) is 46.3 Å². The maximum atomic E-state index is 11.7. The van der Waals surface area contributed by atoms with Crippen LogP contribution in [-0.4, -0.2) is 36.1 Å². The Labute approximate surface area is 73.7 Å². The number of carbonyl (C=O) groups excluding carboxylic acids is 1. The Morgan fingerprint density at radius 2 is 2.15 bits per heavy atom. The van der Waals surface area contributed by atoms with Crippen LogP contribution in [0.4, 0.5) is 13.2 Å². The first-order chi connectivity index (χ1) is 5.90. The van der Waals surface area contributed by atoms with E-state index in [0.717, 1.165) is 0 Å². The number of likely N-dealkylation sites (tertiary alicyclic amines) is 1. The monoisotopic (exact) mass is 196 g/mol. The Kier molecular flexibility index (Phi) is 2.80. The van der Waals surface area contributed by atoms with E-state index in [1.54, 1.807) is 0 Å². The van der Waals surface area contributed by atoms with Crippen LogP contribution in [0.5, 0.6) is 0 Å². The van der Waals surface area contributed by atoms with Crippen molar-refractivity contribution in [3.8, 4) is 0 Å². The second kappa shape index (κ2) is 3.53. The molecular formula is C7H11F3N2O. The quantitative estimate of drug-likeness (QED) is 0.668. The van der Waals surface area contributed by atoms with E-state index >= 15 is 0 Å². The van der Waals surface area contributed by atoms with Crippen LogP contribution in [0.15, 0.2) is 0 Å². The normalized spacial score (nSPS) is 23.2. The molecule has 76 valence electrons. The smallest absolute Gasteiger partial charge is 0.339 e. The van der Waals surface area contributed by atoms with Crippen molar-refractivity contribution >= 4 is 5.91 Å². The zero-order valence-corrected chi connectivity index (χ0v) is 6.97. The van der Waals surface area contributed by atoms with Crippen LogP contribution in [0.25, 0.3) is 0 Å². The Bertz CT molecular complexity index is 204. The maximum absolute atomic E-state index is 11.7. The standard InChI is InChI=1S/C7H11F3N2O/c8-7(9,10)2-1-3-12-4-5(11)6(12)13/h5H,1-4,11H2. The van der Waals surface area contributed by atoms with Gasteiger partial charge in [-0.05, 0) is 6.42 Å². The first-order valence-corrected chi connectivity index (χ1v) is 4.01. The highest BCUT2D eigenvalue weighted by Crippen LogP contribution is 2.22. The highest BCUT2D eigenvalue weighted by atomic mass is 19.4. The van der Waals surface area contributed by atoms with Crippen LogP contribution in [0.2, 0.25) is 0 Å². The number of alkyl halides is 3. The largest absolute Gasteiger partial charge is 0.389 e. The number of amides is 1. The van der Waals surface area contributed by atoms with E-state index in [1.165, 1.54) is 4.90 Å². The van der Waals surface area contributed by atoms with Crippen molar-refractivity contribution in [2.45, 2.75) is 25.1 Å². The number of nitrogens with zero attached hydrogens (tertiary/aromatic N) is 1. The molecular weight excluding hydrogens is 185 g/mol. The number of hydrogen-bond acceptors (Lipinski definition) is 2. The van der Waals surface area contributed by atoms with Crippen molar-refractivity contribution in [1.29, 1.82) is 0 Å². The molecule has 0 bridgehead atoms. The van der Waals surface area contributed by atoms with Gasteiger partial charge in [0.15, 0.2) is 0 Å². The van der Waals surface area contributed by atoms with Gasteiger partial charge in [0.25, 0.3) is 0 Å². The van der Waals surface area contributed by atoms with Gasteiger partial charge in [-0.2, -0.15) is 13.2 Å². The predicted octanol–water partition coefficient (Wildman–Crippen LogP) is 0.498. The van der Waals surface area contributed by atoms with Crippen LogP contribution in [0.3, 0.4) is 0 Å². The van der Waals surface area contributed by atoms with Gasteiger partial charge in [-0.1, -0.05) is 0 Å². The summed E-state index contributed by atoms with van der Waals surface area (Å²) in [7, 11) is 0. The van der Waals surface area contributed by atoms with Crippen LogP contribution >= 0.6 is 0 Å². The lowest BCUT2D eigenvalue weighted by molar-refractivity contribution is -0.147. The summed E-state index contributed by atoms with van der Waals surface area (Å²) < 4.78 is 35.0. The lowest BCUT2D eigenvalue weighted by Crippen LogP contribution is -2.60. The van der Waals surface area contributed by atoms with Crippen molar-refractivity contribution in [1.82, 2.24) is 4.90 Å². The molecule has 1 heterocycles. The lowest BCUT2D eigenvalue weighted by Gasteiger charge is -2.36. The number of rotatable bonds is 3. The minimum Gasteiger partial charge on any atom is -0.339 e. The van der Waals surface area contributed by atoms with Crippen LogP contribution in [0, 0.1) is 0 Å². The molecule has 13 heavy (non-hydrogen) atoms. The fourth-order valence-corrected chi connectivity index (χ4v) is 1.20. The third-order valence-electron chi connectivity index (χ3n) is 1.93. The third kappa shape index (κ3) is 2.87. The minimum atomic E-state index is -4.13. The van der Waals surface area contributed by atoms with Gasteiger partial charge in [0, 0.05) is 19.5 Å². The van der Waals surface area contributed by atoms with E-state index in [0.29, 0.717) is 6.54 Å². The molecule has 1 aliphatic rings. The van der Waals surface area contributed by atoms with Crippen molar-refractivity contribution in [3.63, 3.8) is 0 Å². The van der Waals surface area contributed by atoms with Crippen LogP contribution < -0.4 is 5.73 Å². The average molecular weight is 196 g/mol. The second-order valence-electron chi connectivity index (χ2n) is 3.11. The predicted molar refractivity (Wildman–Crippen MR) is 39.8 cm³/mol. The molecule has 0 saturated carbocycles. The average Bonchev–Trinajstić information content (AvgIpc) is 2.00.